The van der Waals surface area contributed by atoms with Crippen molar-refractivity contribution in [3.63, 3.8) is 0 Å². The van der Waals surface area contributed by atoms with E-state index >= 15 is 0 Å². The van der Waals surface area contributed by atoms with Gasteiger partial charge in [-0.15, -0.1) is 11.6 Å². The smallest absolute Gasteiger partial charge is 0.0251 e. The number of hydrogen-bond acceptors (Lipinski definition) is 3. The van der Waals surface area contributed by atoms with Crippen LogP contribution in [0.25, 0.3) is 0 Å². The van der Waals surface area contributed by atoms with E-state index in [0.29, 0.717) is 11.9 Å². The van der Waals surface area contributed by atoms with E-state index < -0.39 is 0 Å². The SMILES string of the molecule is NNC(CCCCl)Cc1ccsc1. The van der Waals surface area contributed by atoms with Crippen molar-refractivity contribution >= 4 is 22.9 Å². The zero-order valence-corrected chi connectivity index (χ0v) is 9.07. The van der Waals surface area contributed by atoms with Gasteiger partial charge in [0.2, 0.25) is 0 Å². The molecule has 3 N–H and O–H groups in total. The minimum absolute atomic E-state index is 0.355. The summed E-state index contributed by atoms with van der Waals surface area (Å²) < 4.78 is 0. The molecular formula is C9H15ClN2S. The Bertz CT molecular complexity index is 213. The molecule has 1 unspecified atom stereocenters. The first kappa shape index (κ1) is 11.0. The molecule has 0 bridgehead atoms. The monoisotopic (exact) mass is 218 g/mol. The molecule has 1 rings (SSSR count). The lowest BCUT2D eigenvalue weighted by Crippen LogP contribution is -2.36. The van der Waals surface area contributed by atoms with Crippen molar-refractivity contribution < 1.29 is 0 Å². The maximum Gasteiger partial charge on any atom is 0.0251 e. The highest BCUT2D eigenvalue weighted by Gasteiger charge is 2.06. The standard InChI is InChI=1S/C9H15ClN2S/c10-4-1-2-9(12-11)6-8-3-5-13-7-8/h3,5,7,9,12H,1-2,4,6,11H2. The van der Waals surface area contributed by atoms with Crippen LogP contribution in [0, 0.1) is 0 Å². The molecule has 1 atom stereocenters. The van der Waals surface area contributed by atoms with Crippen LogP contribution in [0.15, 0.2) is 16.8 Å². The summed E-state index contributed by atoms with van der Waals surface area (Å²) in [7, 11) is 0. The van der Waals surface area contributed by atoms with Crippen molar-refractivity contribution in [2.75, 3.05) is 5.88 Å². The van der Waals surface area contributed by atoms with E-state index in [1.165, 1.54) is 5.56 Å². The second-order valence-corrected chi connectivity index (χ2v) is 4.19. The summed E-state index contributed by atoms with van der Waals surface area (Å²) in [4.78, 5) is 0. The Morgan fingerprint density at radius 2 is 2.46 bits per heavy atom. The molecule has 1 aromatic rings. The first-order valence-corrected chi connectivity index (χ1v) is 5.87. The number of nitrogens with one attached hydrogen (secondary N) is 1. The predicted octanol–water partition coefficient (Wildman–Crippen LogP) is 2.14. The second-order valence-electron chi connectivity index (χ2n) is 3.03. The lowest BCUT2D eigenvalue weighted by atomic mass is 10.1. The van der Waals surface area contributed by atoms with Crippen molar-refractivity contribution in [3.05, 3.63) is 22.4 Å². The van der Waals surface area contributed by atoms with Crippen LogP contribution in [0.3, 0.4) is 0 Å². The normalized spacial score (nSPS) is 13.1. The van der Waals surface area contributed by atoms with Crippen molar-refractivity contribution in [1.29, 1.82) is 0 Å². The Morgan fingerprint density at radius 1 is 1.62 bits per heavy atom. The first-order chi connectivity index (χ1) is 6.36. The molecule has 0 saturated heterocycles. The van der Waals surface area contributed by atoms with Crippen LogP contribution in [0.4, 0.5) is 0 Å². The van der Waals surface area contributed by atoms with Gasteiger partial charge in [0.05, 0.1) is 0 Å². The molecule has 0 aliphatic carbocycles. The van der Waals surface area contributed by atoms with Crippen LogP contribution in [-0.2, 0) is 6.42 Å². The highest BCUT2D eigenvalue weighted by molar-refractivity contribution is 7.07. The zero-order valence-electron chi connectivity index (χ0n) is 7.50. The summed E-state index contributed by atoms with van der Waals surface area (Å²) in [5, 5.41) is 4.25. The highest BCUT2D eigenvalue weighted by atomic mass is 35.5. The van der Waals surface area contributed by atoms with Gasteiger partial charge in [-0.3, -0.25) is 11.3 Å². The number of alkyl halides is 1. The van der Waals surface area contributed by atoms with Crippen LogP contribution in [0.5, 0.6) is 0 Å². The maximum atomic E-state index is 5.62. The predicted molar refractivity (Wildman–Crippen MR) is 59.1 cm³/mol. The quantitative estimate of drug-likeness (QED) is 0.436. The molecule has 0 fully saturated rings. The van der Waals surface area contributed by atoms with Gasteiger partial charge in [-0.05, 0) is 41.7 Å². The summed E-state index contributed by atoms with van der Waals surface area (Å²) in [5.41, 5.74) is 4.17. The fourth-order valence-electron chi connectivity index (χ4n) is 1.26. The third-order valence-electron chi connectivity index (χ3n) is 1.98. The van der Waals surface area contributed by atoms with Gasteiger partial charge < -0.3 is 0 Å². The molecule has 0 aromatic carbocycles. The Kier molecular flexibility index (Phi) is 5.39. The molecule has 0 radical (unpaired) electrons. The minimum atomic E-state index is 0.355. The summed E-state index contributed by atoms with van der Waals surface area (Å²) in [5.74, 6) is 6.15. The van der Waals surface area contributed by atoms with Gasteiger partial charge in [-0.1, -0.05) is 0 Å². The van der Waals surface area contributed by atoms with E-state index in [-0.39, 0.29) is 0 Å². The van der Waals surface area contributed by atoms with Crippen molar-refractivity contribution in [3.8, 4) is 0 Å². The van der Waals surface area contributed by atoms with Crippen molar-refractivity contribution in [1.82, 2.24) is 5.43 Å². The lowest BCUT2D eigenvalue weighted by Gasteiger charge is -2.13. The summed E-state index contributed by atoms with van der Waals surface area (Å²) >= 11 is 7.34. The van der Waals surface area contributed by atoms with Gasteiger partial charge in [0.15, 0.2) is 0 Å². The van der Waals surface area contributed by atoms with E-state index in [1.54, 1.807) is 11.3 Å². The van der Waals surface area contributed by atoms with Crippen LogP contribution in [-0.4, -0.2) is 11.9 Å². The summed E-state index contributed by atoms with van der Waals surface area (Å²) in [6.07, 6.45) is 3.05. The summed E-state index contributed by atoms with van der Waals surface area (Å²) in [6, 6.07) is 2.49. The average Bonchev–Trinajstić information content (AvgIpc) is 2.64. The number of rotatable bonds is 6. The van der Waals surface area contributed by atoms with Gasteiger partial charge in [0.1, 0.15) is 0 Å². The van der Waals surface area contributed by atoms with Gasteiger partial charge >= 0.3 is 0 Å². The van der Waals surface area contributed by atoms with Crippen LogP contribution >= 0.6 is 22.9 Å². The third kappa shape index (κ3) is 4.09. The Hall–Kier alpha value is -0.0900. The van der Waals surface area contributed by atoms with E-state index in [2.05, 4.69) is 22.3 Å². The topological polar surface area (TPSA) is 38.0 Å². The molecule has 74 valence electrons. The number of thiophene rings is 1. The van der Waals surface area contributed by atoms with Crippen LogP contribution in [0.2, 0.25) is 0 Å². The zero-order chi connectivity index (χ0) is 9.52. The third-order valence-corrected chi connectivity index (χ3v) is 2.98. The molecule has 0 aliphatic rings. The van der Waals surface area contributed by atoms with Crippen molar-refractivity contribution in [2.24, 2.45) is 5.84 Å². The van der Waals surface area contributed by atoms with Gasteiger partial charge in [-0.25, -0.2) is 0 Å². The Labute approximate surface area is 88.1 Å². The molecule has 0 amide bonds. The molecule has 0 saturated carbocycles. The molecule has 1 heterocycles. The fraction of sp³-hybridized carbons (Fsp3) is 0.556. The number of hydrogen-bond donors (Lipinski definition) is 2. The molecule has 0 spiro atoms. The summed E-state index contributed by atoms with van der Waals surface area (Å²) in [6.45, 7) is 0. The van der Waals surface area contributed by atoms with E-state index in [0.717, 1.165) is 19.3 Å². The van der Waals surface area contributed by atoms with E-state index in [1.807, 2.05) is 0 Å². The second kappa shape index (κ2) is 6.38. The molecule has 4 heteroatoms. The molecule has 13 heavy (non-hydrogen) atoms. The Balaban J connectivity index is 2.31. The van der Waals surface area contributed by atoms with Crippen molar-refractivity contribution in [2.45, 2.75) is 25.3 Å². The van der Waals surface area contributed by atoms with Gasteiger partial charge in [-0.2, -0.15) is 11.3 Å². The number of nitrogens with two attached hydrogens (primary N) is 1. The average molecular weight is 219 g/mol. The van der Waals surface area contributed by atoms with Gasteiger partial charge in [0, 0.05) is 11.9 Å². The minimum Gasteiger partial charge on any atom is -0.271 e. The number of hydrazine groups is 1. The van der Waals surface area contributed by atoms with E-state index in [9.17, 15) is 0 Å². The maximum absolute atomic E-state index is 5.62. The van der Waals surface area contributed by atoms with Crippen LogP contribution < -0.4 is 11.3 Å². The molecule has 0 aliphatic heterocycles. The highest BCUT2D eigenvalue weighted by Crippen LogP contribution is 2.11. The number of halogens is 1. The van der Waals surface area contributed by atoms with Crippen LogP contribution in [0.1, 0.15) is 18.4 Å². The first-order valence-electron chi connectivity index (χ1n) is 4.40. The largest absolute Gasteiger partial charge is 0.271 e. The van der Waals surface area contributed by atoms with Gasteiger partial charge in [0.25, 0.3) is 0 Å². The molecule has 2 nitrogen and oxygen atoms in total. The Morgan fingerprint density at radius 3 is 3.00 bits per heavy atom. The fourth-order valence-corrected chi connectivity index (χ4v) is 2.10. The van der Waals surface area contributed by atoms with E-state index in [4.69, 9.17) is 17.4 Å². The molecule has 1 aromatic heterocycles. The lowest BCUT2D eigenvalue weighted by molar-refractivity contribution is 0.487. The molecular weight excluding hydrogens is 204 g/mol.